The van der Waals surface area contributed by atoms with E-state index < -0.39 is 3.42 Å². The van der Waals surface area contributed by atoms with E-state index in [-0.39, 0.29) is 5.91 Å². The molecule has 0 aliphatic carbocycles. The van der Waals surface area contributed by atoms with E-state index in [2.05, 4.69) is 31.9 Å². The maximum absolute atomic E-state index is 11.7. The second-order valence-corrected chi connectivity index (χ2v) is 6.25. The number of amides is 1. The van der Waals surface area contributed by atoms with E-state index >= 15 is 0 Å². The van der Waals surface area contributed by atoms with E-state index in [0.717, 1.165) is 5.69 Å². The fourth-order valence-corrected chi connectivity index (χ4v) is 2.19. The highest BCUT2D eigenvalue weighted by molar-refractivity contribution is 9.25. The molecule has 1 aliphatic heterocycles. The number of likely N-dealkylation sites (N-methyl/N-ethyl adjacent to an activating group) is 1. The maximum atomic E-state index is 11.7. The molecule has 1 aromatic rings. The molecule has 3 nitrogen and oxygen atoms in total. The lowest BCUT2D eigenvalue weighted by Gasteiger charge is -2.33. The van der Waals surface area contributed by atoms with Crippen LogP contribution in [0.15, 0.2) is 24.3 Å². The number of hydrogen-bond acceptors (Lipinski definition) is 2. The molecule has 14 heavy (non-hydrogen) atoms. The number of fused-ring (bicyclic) bond motifs is 1. The maximum Gasteiger partial charge on any atom is 0.296 e. The minimum absolute atomic E-state index is 0.184. The van der Waals surface area contributed by atoms with Gasteiger partial charge in [-0.1, -0.05) is 12.1 Å². The molecular weight excluding hydrogens is 314 g/mol. The van der Waals surface area contributed by atoms with Crippen LogP contribution >= 0.6 is 31.9 Å². The molecule has 0 aromatic heterocycles. The van der Waals surface area contributed by atoms with Gasteiger partial charge in [-0.3, -0.25) is 4.79 Å². The number of ether oxygens (including phenoxy) is 1. The van der Waals surface area contributed by atoms with Crippen molar-refractivity contribution >= 4 is 43.5 Å². The van der Waals surface area contributed by atoms with Crippen molar-refractivity contribution in [3.63, 3.8) is 0 Å². The molecule has 2 rings (SSSR count). The summed E-state index contributed by atoms with van der Waals surface area (Å²) in [5.74, 6) is 0.486. The fraction of sp³-hybridized carbons (Fsp3) is 0.222. The third-order valence-corrected chi connectivity index (χ3v) is 3.02. The van der Waals surface area contributed by atoms with Crippen LogP contribution in [0.3, 0.4) is 0 Å². The Kier molecular flexibility index (Phi) is 2.31. The first-order valence-corrected chi connectivity index (χ1v) is 5.55. The largest absolute Gasteiger partial charge is 0.454 e. The zero-order valence-electron chi connectivity index (χ0n) is 7.33. The lowest BCUT2D eigenvalue weighted by molar-refractivity contribution is -0.123. The van der Waals surface area contributed by atoms with Crippen molar-refractivity contribution in [1.82, 2.24) is 0 Å². The summed E-state index contributed by atoms with van der Waals surface area (Å²) >= 11 is 6.34. The predicted octanol–water partition coefficient (Wildman–Crippen LogP) is 2.49. The van der Waals surface area contributed by atoms with Crippen molar-refractivity contribution in [3.05, 3.63) is 24.3 Å². The third-order valence-electron chi connectivity index (χ3n) is 2.02. The Morgan fingerprint density at radius 1 is 1.36 bits per heavy atom. The van der Waals surface area contributed by atoms with Gasteiger partial charge in [0.1, 0.15) is 5.75 Å². The molecule has 0 spiro atoms. The Hall–Kier alpha value is -0.550. The highest BCUT2D eigenvalue weighted by atomic mass is 79.9. The Morgan fingerprint density at radius 2 is 2.00 bits per heavy atom. The average molecular weight is 321 g/mol. The van der Waals surface area contributed by atoms with Crippen LogP contribution in [0.1, 0.15) is 0 Å². The molecule has 1 amide bonds. The Bertz CT molecular complexity index is 392. The standard InChI is InChI=1S/C9H7Br2NO2/c1-12-6-4-2-3-5-7(6)14-9(10,11)8(12)13/h2-5H,1H3. The van der Waals surface area contributed by atoms with Crippen LogP contribution in [-0.4, -0.2) is 16.4 Å². The van der Waals surface area contributed by atoms with Crippen molar-refractivity contribution in [2.75, 3.05) is 11.9 Å². The van der Waals surface area contributed by atoms with Crippen LogP contribution < -0.4 is 9.64 Å². The van der Waals surface area contributed by atoms with Gasteiger partial charge in [0, 0.05) is 7.05 Å². The number of para-hydroxylation sites is 2. The van der Waals surface area contributed by atoms with E-state index in [0.29, 0.717) is 5.75 Å². The summed E-state index contributed by atoms with van der Waals surface area (Å²) in [5.41, 5.74) is 0.770. The molecule has 0 radical (unpaired) electrons. The van der Waals surface area contributed by atoms with Crippen molar-refractivity contribution in [2.45, 2.75) is 3.42 Å². The molecular formula is C9H7Br2NO2. The SMILES string of the molecule is CN1C(=O)C(Br)(Br)Oc2ccccc21. The number of hydrogen-bond donors (Lipinski definition) is 0. The zero-order valence-corrected chi connectivity index (χ0v) is 10.5. The van der Waals surface area contributed by atoms with Gasteiger partial charge in [-0.2, -0.15) is 0 Å². The predicted molar refractivity (Wildman–Crippen MR) is 61.1 cm³/mol. The van der Waals surface area contributed by atoms with Gasteiger partial charge in [-0.05, 0) is 44.0 Å². The van der Waals surface area contributed by atoms with E-state index in [4.69, 9.17) is 4.74 Å². The smallest absolute Gasteiger partial charge is 0.296 e. The fourth-order valence-electron chi connectivity index (χ4n) is 1.31. The quantitative estimate of drug-likeness (QED) is 0.687. The first-order valence-electron chi connectivity index (χ1n) is 3.96. The molecule has 0 bridgehead atoms. The minimum Gasteiger partial charge on any atom is -0.454 e. The van der Waals surface area contributed by atoms with Crippen molar-refractivity contribution < 1.29 is 9.53 Å². The number of nitrogens with zero attached hydrogens (tertiary/aromatic N) is 1. The van der Waals surface area contributed by atoms with Gasteiger partial charge < -0.3 is 9.64 Å². The van der Waals surface area contributed by atoms with Gasteiger partial charge >= 0.3 is 0 Å². The molecule has 0 unspecified atom stereocenters. The first kappa shape index (κ1) is 9.98. The molecule has 5 heteroatoms. The summed E-state index contributed by atoms with van der Waals surface area (Å²) in [5, 5.41) is 0. The first-order chi connectivity index (χ1) is 6.52. The molecule has 0 saturated carbocycles. The topological polar surface area (TPSA) is 29.5 Å². The molecule has 0 fully saturated rings. The summed E-state index contributed by atoms with van der Waals surface area (Å²) in [4.78, 5) is 13.3. The summed E-state index contributed by atoms with van der Waals surface area (Å²) in [6.07, 6.45) is 0. The molecule has 0 atom stereocenters. The van der Waals surface area contributed by atoms with Crippen LogP contribution in [0, 0.1) is 0 Å². The van der Waals surface area contributed by atoms with Crippen LogP contribution in [0.5, 0.6) is 5.75 Å². The Labute approximate surface area is 98.3 Å². The van der Waals surface area contributed by atoms with E-state index in [1.807, 2.05) is 24.3 Å². The second-order valence-electron chi connectivity index (χ2n) is 2.95. The number of rotatable bonds is 0. The highest BCUT2D eigenvalue weighted by Gasteiger charge is 2.42. The lowest BCUT2D eigenvalue weighted by atomic mass is 10.2. The number of benzene rings is 1. The van der Waals surface area contributed by atoms with E-state index in [9.17, 15) is 4.79 Å². The van der Waals surface area contributed by atoms with Gasteiger partial charge in [0.2, 0.25) is 0 Å². The molecule has 0 saturated heterocycles. The van der Waals surface area contributed by atoms with Crippen LogP contribution in [0.25, 0.3) is 0 Å². The van der Waals surface area contributed by atoms with E-state index in [1.165, 1.54) is 0 Å². The molecule has 1 aromatic carbocycles. The number of alkyl halides is 2. The highest BCUT2D eigenvalue weighted by Crippen LogP contribution is 2.42. The molecule has 0 N–H and O–H groups in total. The van der Waals surface area contributed by atoms with Gasteiger partial charge in [-0.25, -0.2) is 0 Å². The lowest BCUT2D eigenvalue weighted by Crippen LogP contribution is -2.46. The number of anilines is 1. The average Bonchev–Trinajstić information content (AvgIpc) is 2.14. The Morgan fingerprint density at radius 3 is 2.71 bits per heavy atom. The van der Waals surface area contributed by atoms with Crippen LogP contribution in [-0.2, 0) is 4.79 Å². The zero-order chi connectivity index (χ0) is 10.3. The third kappa shape index (κ3) is 1.44. The van der Waals surface area contributed by atoms with E-state index in [1.54, 1.807) is 11.9 Å². The summed E-state index contributed by atoms with van der Waals surface area (Å²) < 4.78 is 4.31. The number of carbonyl (C=O) groups excluding carboxylic acids is 1. The second kappa shape index (κ2) is 3.24. The summed E-state index contributed by atoms with van der Waals surface area (Å²) in [6, 6.07) is 7.37. The van der Waals surface area contributed by atoms with Crippen molar-refractivity contribution in [1.29, 1.82) is 0 Å². The van der Waals surface area contributed by atoms with Crippen molar-refractivity contribution in [3.8, 4) is 5.75 Å². The van der Waals surface area contributed by atoms with Gasteiger partial charge in [0.05, 0.1) is 5.69 Å². The Balaban J connectivity index is 2.53. The van der Waals surface area contributed by atoms with Crippen LogP contribution in [0.4, 0.5) is 5.69 Å². The van der Waals surface area contributed by atoms with Gasteiger partial charge in [0.25, 0.3) is 9.33 Å². The number of carbonyl (C=O) groups is 1. The monoisotopic (exact) mass is 319 g/mol. The molecule has 1 aliphatic rings. The van der Waals surface area contributed by atoms with Crippen LogP contribution in [0.2, 0.25) is 0 Å². The summed E-state index contributed by atoms with van der Waals surface area (Å²) in [7, 11) is 1.71. The van der Waals surface area contributed by atoms with Gasteiger partial charge in [0.15, 0.2) is 0 Å². The molecule has 74 valence electrons. The van der Waals surface area contributed by atoms with Crippen molar-refractivity contribution in [2.24, 2.45) is 0 Å². The molecule has 1 heterocycles. The van der Waals surface area contributed by atoms with Gasteiger partial charge in [-0.15, -0.1) is 0 Å². The normalized spacial score (nSPS) is 18.8. The minimum atomic E-state index is -1.14. The summed E-state index contributed by atoms with van der Waals surface area (Å²) in [6.45, 7) is 0. The number of halogens is 2.